The molecule has 1 aromatic heterocycles. The Balaban J connectivity index is 1.92. The molecule has 19 heavy (non-hydrogen) atoms. The van der Waals surface area contributed by atoms with Gasteiger partial charge in [-0.1, -0.05) is 41.9 Å². The number of benzene rings is 1. The predicted octanol–water partition coefficient (Wildman–Crippen LogP) is 2.73. The van der Waals surface area contributed by atoms with Gasteiger partial charge in [-0.25, -0.2) is 9.97 Å². The molecule has 1 fully saturated rings. The first-order chi connectivity index (χ1) is 9.21. The van der Waals surface area contributed by atoms with Crippen LogP contribution in [-0.4, -0.2) is 27.2 Å². The van der Waals surface area contributed by atoms with Crippen molar-refractivity contribution in [3.63, 3.8) is 0 Å². The monoisotopic (exact) mass is 275 g/mol. The Labute approximate surface area is 116 Å². The maximum absolute atomic E-state index is 9.33. The van der Waals surface area contributed by atoms with E-state index in [4.69, 9.17) is 11.6 Å². The van der Waals surface area contributed by atoms with Crippen LogP contribution in [0.25, 0.3) is 11.4 Å². The lowest BCUT2D eigenvalue weighted by molar-refractivity contribution is 0.266. The van der Waals surface area contributed by atoms with Gasteiger partial charge in [0.2, 0.25) is 0 Å². The van der Waals surface area contributed by atoms with Gasteiger partial charge in [0.15, 0.2) is 5.82 Å². The van der Waals surface area contributed by atoms with Crippen molar-refractivity contribution in [3.8, 4) is 11.4 Å². The van der Waals surface area contributed by atoms with E-state index in [9.17, 15) is 5.11 Å². The van der Waals surface area contributed by atoms with E-state index in [0.717, 1.165) is 18.4 Å². The highest BCUT2D eigenvalue weighted by Crippen LogP contribution is 2.38. The maximum atomic E-state index is 9.33. The van der Waals surface area contributed by atoms with Gasteiger partial charge in [0.1, 0.15) is 11.0 Å². The van der Waals surface area contributed by atoms with E-state index in [1.54, 1.807) is 6.07 Å². The van der Waals surface area contributed by atoms with Crippen molar-refractivity contribution in [3.05, 3.63) is 41.6 Å². The number of hydrogen-bond donors (Lipinski definition) is 2. The second-order valence-corrected chi connectivity index (χ2v) is 5.22. The van der Waals surface area contributed by atoms with Crippen molar-refractivity contribution in [1.82, 2.24) is 9.97 Å². The van der Waals surface area contributed by atoms with Gasteiger partial charge in [-0.2, -0.15) is 0 Å². The van der Waals surface area contributed by atoms with Crippen molar-refractivity contribution in [1.29, 1.82) is 0 Å². The first kappa shape index (κ1) is 12.4. The molecule has 0 radical (unpaired) electrons. The molecule has 0 bridgehead atoms. The molecule has 0 unspecified atom stereocenters. The van der Waals surface area contributed by atoms with Gasteiger partial charge in [-0.05, 0) is 12.8 Å². The molecule has 0 atom stereocenters. The van der Waals surface area contributed by atoms with Gasteiger partial charge in [0.25, 0.3) is 0 Å². The summed E-state index contributed by atoms with van der Waals surface area (Å²) in [5, 5.41) is 13.0. The minimum atomic E-state index is -0.217. The summed E-state index contributed by atoms with van der Waals surface area (Å²) >= 11 is 6.04. The summed E-state index contributed by atoms with van der Waals surface area (Å²) in [4.78, 5) is 8.69. The number of aliphatic hydroxyl groups is 1. The lowest BCUT2D eigenvalue weighted by atomic mass is 10.2. The molecule has 1 aliphatic rings. The SMILES string of the molecule is OCC1(Nc2cc(Cl)nc(-c3ccccc3)n2)CC1. The van der Waals surface area contributed by atoms with E-state index in [-0.39, 0.29) is 12.1 Å². The fraction of sp³-hybridized carbons (Fsp3) is 0.286. The van der Waals surface area contributed by atoms with Crippen molar-refractivity contribution in [2.45, 2.75) is 18.4 Å². The van der Waals surface area contributed by atoms with Gasteiger partial charge in [-0.15, -0.1) is 0 Å². The first-order valence-electron chi connectivity index (χ1n) is 6.20. The Morgan fingerprint density at radius 1 is 1.21 bits per heavy atom. The van der Waals surface area contributed by atoms with Gasteiger partial charge in [0.05, 0.1) is 12.1 Å². The van der Waals surface area contributed by atoms with Crippen molar-refractivity contribution < 1.29 is 5.11 Å². The molecule has 0 aliphatic heterocycles. The lowest BCUT2D eigenvalue weighted by Gasteiger charge is -2.15. The second-order valence-electron chi connectivity index (χ2n) is 4.83. The van der Waals surface area contributed by atoms with Crippen LogP contribution in [0.5, 0.6) is 0 Å². The minimum Gasteiger partial charge on any atom is -0.394 e. The molecule has 4 nitrogen and oxygen atoms in total. The van der Waals surface area contributed by atoms with Crippen LogP contribution < -0.4 is 5.32 Å². The molecule has 0 amide bonds. The van der Waals surface area contributed by atoms with E-state index in [2.05, 4.69) is 15.3 Å². The molecule has 2 N–H and O–H groups in total. The molecule has 1 heterocycles. The van der Waals surface area contributed by atoms with Crippen LogP contribution in [0, 0.1) is 0 Å². The standard InChI is InChI=1S/C14H14ClN3O/c15-11-8-12(18-14(9-19)6-7-14)17-13(16-11)10-4-2-1-3-5-10/h1-5,8,19H,6-7,9H2,(H,16,17,18). The van der Waals surface area contributed by atoms with Crippen LogP contribution in [0.1, 0.15) is 12.8 Å². The highest BCUT2D eigenvalue weighted by Gasteiger charge is 2.42. The van der Waals surface area contributed by atoms with Gasteiger partial charge < -0.3 is 10.4 Å². The number of anilines is 1. The molecular formula is C14H14ClN3O. The Hall–Kier alpha value is -1.65. The van der Waals surface area contributed by atoms with E-state index < -0.39 is 0 Å². The zero-order chi connectivity index (χ0) is 13.3. The molecule has 5 heteroatoms. The van der Waals surface area contributed by atoms with E-state index in [1.807, 2.05) is 30.3 Å². The summed E-state index contributed by atoms with van der Waals surface area (Å²) in [6.07, 6.45) is 1.90. The Bertz CT molecular complexity index is 584. The highest BCUT2D eigenvalue weighted by molar-refractivity contribution is 6.29. The predicted molar refractivity (Wildman–Crippen MR) is 75.2 cm³/mol. The van der Waals surface area contributed by atoms with Gasteiger partial charge >= 0.3 is 0 Å². The minimum absolute atomic E-state index is 0.106. The summed E-state index contributed by atoms with van der Waals surface area (Å²) in [6, 6.07) is 11.4. The van der Waals surface area contributed by atoms with Crippen LogP contribution in [0.4, 0.5) is 5.82 Å². The van der Waals surface area contributed by atoms with E-state index in [0.29, 0.717) is 16.8 Å². The summed E-state index contributed by atoms with van der Waals surface area (Å²) < 4.78 is 0. The number of nitrogens with one attached hydrogen (secondary N) is 1. The molecular weight excluding hydrogens is 262 g/mol. The van der Waals surface area contributed by atoms with Crippen molar-refractivity contribution in [2.24, 2.45) is 0 Å². The Morgan fingerprint density at radius 2 is 1.95 bits per heavy atom. The van der Waals surface area contributed by atoms with Crippen LogP contribution in [0.3, 0.4) is 0 Å². The molecule has 0 saturated heterocycles. The number of aliphatic hydroxyl groups excluding tert-OH is 1. The third-order valence-electron chi connectivity index (χ3n) is 3.28. The molecule has 3 rings (SSSR count). The smallest absolute Gasteiger partial charge is 0.163 e. The van der Waals surface area contributed by atoms with Crippen LogP contribution in [0.2, 0.25) is 5.15 Å². The molecule has 2 aromatic rings. The van der Waals surface area contributed by atoms with Gasteiger partial charge in [-0.3, -0.25) is 0 Å². The van der Waals surface area contributed by atoms with Crippen molar-refractivity contribution in [2.75, 3.05) is 11.9 Å². The number of aromatic nitrogens is 2. The zero-order valence-corrected chi connectivity index (χ0v) is 11.1. The van der Waals surface area contributed by atoms with E-state index >= 15 is 0 Å². The number of rotatable bonds is 4. The Morgan fingerprint density at radius 3 is 2.58 bits per heavy atom. The lowest BCUT2D eigenvalue weighted by Crippen LogP contribution is -2.26. The molecule has 0 spiro atoms. The van der Waals surface area contributed by atoms with Gasteiger partial charge in [0, 0.05) is 11.6 Å². The number of nitrogens with zero attached hydrogens (tertiary/aromatic N) is 2. The summed E-state index contributed by atoms with van der Waals surface area (Å²) in [6.45, 7) is 0.106. The normalized spacial score (nSPS) is 16.1. The average Bonchev–Trinajstić information content (AvgIpc) is 3.19. The zero-order valence-electron chi connectivity index (χ0n) is 10.3. The molecule has 98 valence electrons. The first-order valence-corrected chi connectivity index (χ1v) is 6.58. The third-order valence-corrected chi connectivity index (χ3v) is 3.47. The second kappa shape index (κ2) is 4.79. The molecule has 1 aliphatic carbocycles. The Kier molecular flexibility index (Phi) is 3.12. The largest absolute Gasteiger partial charge is 0.394 e. The van der Waals surface area contributed by atoms with Crippen LogP contribution in [-0.2, 0) is 0 Å². The number of halogens is 1. The summed E-state index contributed by atoms with van der Waals surface area (Å²) in [7, 11) is 0. The summed E-state index contributed by atoms with van der Waals surface area (Å²) in [5.41, 5.74) is 0.702. The topological polar surface area (TPSA) is 58.0 Å². The third kappa shape index (κ3) is 2.69. The van der Waals surface area contributed by atoms with E-state index in [1.165, 1.54) is 0 Å². The van der Waals surface area contributed by atoms with Crippen molar-refractivity contribution >= 4 is 17.4 Å². The fourth-order valence-electron chi connectivity index (χ4n) is 1.94. The van der Waals surface area contributed by atoms with Crippen LogP contribution >= 0.6 is 11.6 Å². The summed E-state index contributed by atoms with van der Waals surface area (Å²) in [5.74, 6) is 1.25. The average molecular weight is 276 g/mol. The quantitative estimate of drug-likeness (QED) is 0.843. The maximum Gasteiger partial charge on any atom is 0.163 e. The highest BCUT2D eigenvalue weighted by atomic mass is 35.5. The number of hydrogen-bond acceptors (Lipinski definition) is 4. The molecule has 1 saturated carbocycles. The molecule has 1 aromatic carbocycles. The fourth-order valence-corrected chi connectivity index (χ4v) is 2.13. The van der Waals surface area contributed by atoms with Crippen LogP contribution in [0.15, 0.2) is 36.4 Å².